The summed E-state index contributed by atoms with van der Waals surface area (Å²) in [6.45, 7) is 2.70. The van der Waals surface area contributed by atoms with Gasteiger partial charge in [0.2, 0.25) is 6.23 Å². The lowest BCUT2D eigenvalue weighted by atomic mass is 10.1. The first-order valence-electron chi connectivity index (χ1n) is 9.19. The second-order valence-corrected chi connectivity index (χ2v) is 8.41. The van der Waals surface area contributed by atoms with Crippen LogP contribution in [0.15, 0.2) is 17.1 Å². The quantitative estimate of drug-likeness (QED) is 0.477. The molecule has 11 nitrogen and oxygen atoms in total. The molecule has 14 heteroatoms. The molecule has 168 valence electrons. The number of nitrogens with two attached hydrogens (primary N) is 1. The average molecular weight is 453 g/mol. The van der Waals surface area contributed by atoms with Crippen molar-refractivity contribution in [1.82, 2.24) is 9.55 Å². The third kappa shape index (κ3) is 4.54. The molecule has 3 rings (SSSR count). The van der Waals surface area contributed by atoms with E-state index >= 15 is 0 Å². The Morgan fingerprint density at radius 1 is 1.53 bits per heavy atom. The predicted molar refractivity (Wildman–Crippen MR) is 96.6 cm³/mol. The third-order valence-electron chi connectivity index (χ3n) is 4.58. The van der Waals surface area contributed by atoms with Crippen molar-refractivity contribution in [2.45, 2.75) is 44.6 Å². The van der Waals surface area contributed by atoms with Gasteiger partial charge in [-0.1, -0.05) is 6.92 Å². The molecule has 2 aliphatic rings. The second-order valence-electron chi connectivity index (χ2n) is 6.79. The van der Waals surface area contributed by atoms with Crippen molar-refractivity contribution in [1.29, 1.82) is 0 Å². The molecule has 5 atom stereocenters. The Hall–Kier alpha value is -1.92. The number of carbonyl (C=O) groups excluding carboxylic acids is 1. The van der Waals surface area contributed by atoms with Crippen LogP contribution in [0, 0.1) is 5.92 Å². The van der Waals surface area contributed by atoms with E-state index in [4.69, 9.17) is 28.8 Å². The van der Waals surface area contributed by atoms with E-state index in [0.29, 0.717) is 4.57 Å². The zero-order chi connectivity index (χ0) is 22.1. The molecular formula is C16H22F2N3O8P. The summed E-state index contributed by atoms with van der Waals surface area (Å²) in [5.41, 5.74) is 4.33. The van der Waals surface area contributed by atoms with Crippen molar-refractivity contribution in [2.24, 2.45) is 5.92 Å². The van der Waals surface area contributed by atoms with Crippen LogP contribution in [0.25, 0.3) is 0 Å². The monoisotopic (exact) mass is 453 g/mol. The van der Waals surface area contributed by atoms with Crippen LogP contribution >= 0.6 is 7.82 Å². The number of alkyl halides is 2. The molecule has 2 fully saturated rings. The highest BCUT2D eigenvalue weighted by atomic mass is 31.2. The fourth-order valence-electron chi connectivity index (χ4n) is 2.98. The molecule has 0 amide bonds. The Kier molecular flexibility index (Phi) is 6.58. The number of fused-ring (bicyclic) bond motifs is 1. The summed E-state index contributed by atoms with van der Waals surface area (Å²) in [6.07, 6.45) is -4.18. The first-order chi connectivity index (χ1) is 14.1. The number of nitrogen functional groups attached to an aromatic ring is 1. The largest absolute Gasteiger partial charge is 0.475 e. The van der Waals surface area contributed by atoms with Gasteiger partial charge in [-0.25, -0.2) is 9.36 Å². The molecule has 1 aromatic rings. The SMILES string of the molecule is CCOC(=O)[C@@H](C)CCO[P@@]1(=O)OCC2O[C@@H](n3ccc(N)nc3=O)C(F)(F)[C@@H]2O1. The molecular weight excluding hydrogens is 431 g/mol. The fraction of sp³-hybridized carbons (Fsp3) is 0.688. The van der Waals surface area contributed by atoms with Crippen LogP contribution in [0.4, 0.5) is 14.6 Å². The highest BCUT2D eigenvalue weighted by molar-refractivity contribution is 7.48. The lowest BCUT2D eigenvalue weighted by molar-refractivity contribution is -0.148. The Morgan fingerprint density at radius 2 is 2.27 bits per heavy atom. The summed E-state index contributed by atoms with van der Waals surface area (Å²) < 4.78 is 68.2. The average Bonchev–Trinajstić information content (AvgIpc) is 2.92. The number of ether oxygens (including phenoxy) is 2. The van der Waals surface area contributed by atoms with Gasteiger partial charge in [0.15, 0.2) is 6.10 Å². The lowest BCUT2D eigenvalue weighted by Crippen LogP contribution is -2.45. The highest BCUT2D eigenvalue weighted by Crippen LogP contribution is 2.59. The molecule has 2 saturated heterocycles. The molecule has 1 aromatic heterocycles. The number of aromatic nitrogens is 2. The zero-order valence-electron chi connectivity index (χ0n) is 16.2. The summed E-state index contributed by atoms with van der Waals surface area (Å²) in [5, 5.41) is 0. The van der Waals surface area contributed by atoms with E-state index < -0.39 is 56.4 Å². The van der Waals surface area contributed by atoms with Gasteiger partial charge in [0, 0.05) is 6.20 Å². The molecule has 2 aliphatic heterocycles. The van der Waals surface area contributed by atoms with Crippen molar-refractivity contribution < 1.29 is 41.2 Å². The van der Waals surface area contributed by atoms with E-state index in [1.165, 1.54) is 6.07 Å². The molecule has 0 bridgehead atoms. The Morgan fingerprint density at radius 3 is 2.93 bits per heavy atom. The van der Waals surface area contributed by atoms with Crippen LogP contribution < -0.4 is 11.4 Å². The number of anilines is 1. The number of rotatable bonds is 7. The number of nitrogens with zero attached hydrogens (tertiary/aromatic N) is 2. The van der Waals surface area contributed by atoms with Gasteiger partial charge in [-0.2, -0.15) is 13.8 Å². The Bertz CT molecular complexity index is 897. The summed E-state index contributed by atoms with van der Waals surface area (Å²) >= 11 is 0. The molecule has 0 aliphatic carbocycles. The molecule has 0 radical (unpaired) electrons. The van der Waals surface area contributed by atoms with E-state index in [1.54, 1.807) is 13.8 Å². The minimum absolute atomic E-state index is 0.117. The first-order valence-corrected chi connectivity index (χ1v) is 10.7. The maximum atomic E-state index is 14.9. The van der Waals surface area contributed by atoms with E-state index in [0.717, 1.165) is 6.20 Å². The third-order valence-corrected chi connectivity index (χ3v) is 6.03. The maximum Gasteiger partial charge on any atom is 0.475 e. The van der Waals surface area contributed by atoms with E-state index in [-0.39, 0.29) is 25.5 Å². The smallest absolute Gasteiger partial charge is 0.466 e. The fourth-order valence-corrected chi connectivity index (χ4v) is 4.39. The summed E-state index contributed by atoms with van der Waals surface area (Å²) in [4.78, 5) is 26.9. The topological polar surface area (TPSA) is 141 Å². The van der Waals surface area contributed by atoms with Gasteiger partial charge in [0.25, 0.3) is 0 Å². The van der Waals surface area contributed by atoms with Crippen molar-refractivity contribution in [2.75, 3.05) is 25.6 Å². The van der Waals surface area contributed by atoms with Crippen molar-refractivity contribution >= 4 is 19.6 Å². The number of phosphoric acid groups is 1. The zero-order valence-corrected chi connectivity index (χ0v) is 17.1. The lowest BCUT2D eigenvalue weighted by Gasteiger charge is -2.31. The van der Waals surface area contributed by atoms with Crippen molar-refractivity contribution in [3.8, 4) is 0 Å². The molecule has 30 heavy (non-hydrogen) atoms. The Balaban J connectivity index is 1.66. The maximum absolute atomic E-state index is 14.9. The number of phosphoric ester groups is 1. The molecule has 1 unspecified atom stereocenters. The second kappa shape index (κ2) is 8.67. The van der Waals surface area contributed by atoms with E-state index in [2.05, 4.69) is 4.98 Å². The molecule has 3 heterocycles. The van der Waals surface area contributed by atoms with Gasteiger partial charge in [-0.15, -0.1) is 0 Å². The van der Waals surface area contributed by atoms with Gasteiger partial charge in [-0.05, 0) is 19.4 Å². The standard InChI is InChI=1S/C16H22F2N3O8P/c1-3-25-13(22)9(2)5-7-26-30(24)27-8-10-12(29-30)16(17,18)14(28-10)21-6-4-11(19)20-15(21)23/h4,6,9-10,12,14H,3,5,7-8H2,1-2H3,(H2,19,20,23)/t9-,10?,12+,14+,30-/m0/s1. The van der Waals surface area contributed by atoms with Gasteiger partial charge < -0.3 is 15.2 Å². The van der Waals surface area contributed by atoms with Crippen molar-refractivity contribution in [3.05, 3.63) is 22.7 Å². The van der Waals surface area contributed by atoms with Crippen LogP contribution in [0.3, 0.4) is 0 Å². The van der Waals surface area contributed by atoms with Crippen LogP contribution in [0.5, 0.6) is 0 Å². The highest BCUT2D eigenvalue weighted by Gasteiger charge is 2.65. The summed E-state index contributed by atoms with van der Waals surface area (Å²) in [5.74, 6) is -4.90. The first kappa shape index (κ1) is 22.8. The minimum Gasteiger partial charge on any atom is -0.466 e. The molecule has 0 aromatic carbocycles. The minimum atomic E-state index is -4.34. The van der Waals surface area contributed by atoms with Gasteiger partial charge >= 0.3 is 25.4 Å². The summed E-state index contributed by atoms with van der Waals surface area (Å²) in [7, 11) is -4.34. The number of hydrogen-bond donors (Lipinski definition) is 1. The van der Waals surface area contributed by atoms with Crippen LogP contribution in [0.1, 0.15) is 26.5 Å². The predicted octanol–water partition coefficient (Wildman–Crippen LogP) is 1.49. The van der Waals surface area contributed by atoms with Crippen LogP contribution in [-0.2, 0) is 32.4 Å². The number of halogens is 2. The van der Waals surface area contributed by atoms with Crippen LogP contribution in [-0.4, -0.2) is 53.5 Å². The van der Waals surface area contributed by atoms with Gasteiger partial charge in [0.1, 0.15) is 11.9 Å². The summed E-state index contributed by atoms with van der Waals surface area (Å²) in [6, 6.07) is 1.17. The van der Waals surface area contributed by atoms with E-state index in [1.807, 2.05) is 0 Å². The van der Waals surface area contributed by atoms with Gasteiger partial charge in [-0.3, -0.25) is 22.9 Å². The van der Waals surface area contributed by atoms with E-state index in [9.17, 15) is 22.9 Å². The van der Waals surface area contributed by atoms with Gasteiger partial charge in [0.05, 0.1) is 25.7 Å². The number of carbonyl (C=O) groups is 1. The van der Waals surface area contributed by atoms with Crippen molar-refractivity contribution in [3.63, 3.8) is 0 Å². The number of hydrogen-bond acceptors (Lipinski definition) is 10. The molecule has 0 saturated carbocycles. The molecule has 2 N–H and O–H groups in total. The Labute approximate surface area is 170 Å². The molecule has 0 spiro atoms. The van der Waals surface area contributed by atoms with Crippen LogP contribution in [0.2, 0.25) is 0 Å². The normalized spacial score (nSPS) is 31.1. The number of esters is 1.